The molecule has 0 saturated carbocycles. The van der Waals surface area contributed by atoms with Crippen molar-refractivity contribution in [2.24, 2.45) is 0 Å². The van der Waals surface area contributed by atoms with E-state index in [0.717, 1.165) is 0 Å². The number of aryl methyl sites for hydroxylation is 1. The van der Waals surface area contributed by atoms with Gasteiger partial charge in [-0.15, -0.1) is 0 Å². The number of hydrogen-bond donors (Lipinski definition) is 0. The molecule has 2 aromatic heterocycles. The molecule has 0 radical (unpaired) electrons. The van der Waals surface area contributed by atoms with E-state index in [1.54, 1.807) is 4.57 Å². The number of nitrogens with zero attached hydrogens (tertiary/aromatic N) is 4. The Balaban J connectivity index is 2.91. The molecule has 19 heavy (non-hydrogen) atoms. The fraction of sp³-hybridized carbons (Fsp3) is 0.500. The van der Waals surface area contributed by atoms with E-state index in [9.17, 15) is 9.59 Å². The molecule has 102 valence electrons. The van der Waals surface area contributed by atoms with Gasteiger partial charge in [0.2, 0.25) is 0 Å². The summed E-state index contributed by atoms with van der Waals surface area (Å²) in [7, 11) is 0. The molecule has 0 spiro atoms. The Labute approximate surface area is 115 Å². The van der Waals surface area contributed by atoms with Gasteiger partial charge in [0.15, 0.2) is 15.9 Å². The number of ketones is 1. The molecule has 0 atom stereocenters. The van der Waals surface area contributed by atoms with E-state index >= 15 is 0 Å². The number of hydrogen-bond acceptors (Lipinski definition) is 4. The minimum atomic E-state index is -0.189. The molecule has 0 aromatic carbocycles. The molecule has 2 heterocycles. The molecule has 0 unspecified atom stereocenters. The van der Waals surface area contributed by atoms with Crippen molar-refractivity contribution in [1.29, 1.82) is 0 Å². The number of Topliss-reactive ketones (excluding diaryl/α,β-unsaturated/α-hetero) is 1. The standard InChI is InChI=1S/C12H16N4O2S/c1-4-15-10-9(11(18)16(5-2)12(15)19)14(7-13-10)6-8(3)17/h7H,4-6H2,1-3H3. The zero-order valence-corrected chi connectivity index (χ0v) is 12.0. The molecule has 2 aromatic rings. The molecule has 7 heteroatoms. The zero-order chi connectivity index (χ0) is 14.2. The lowest BCUT2D eigenvalue weighted by Crippen LogP contribution is -2.26. The van der Waals surface area contributed by atoms with Gasteiger partial charge < -0.3 is 9.13 Å². The third kappa shape index (κ3) is 2.14. The van der Waals surface area contributed by atoms with Gasteiger partial charge in [-0.2, -0.15) is 0 Å². The second-order valence-corrected chi connectivity index (χ2v) is 4.69. The molecule has 0 aliphatic carbocycles. The van der Waals surface area contributed by atoms with Crippen LogP contribution in [0, 0.1) is 4.77 Å². The van der Waals surface area contributed by atoms with E-state index in [0.29, 0.717) is 29.0 Å². The molecule has 0 aliphatic heterocycles. The van der Waals surface area contributed by atoms with E-state index in [-0.39, 0.29) is 17.9 Å². The molecule has 0 saturated heterocycles. The van der Waals surface area contributed by atoms with Gasteiger partial charge >= 0.3 is 0 Å². The fourth-order valence-corrected chi connectivity index (χ4v) is 2.59. The number of carbonyl (C=O) groups is 1. The number of fused-ring (bicyclic) bond motifs is 1. The maximum atomic E-state index is 12.4. The maximum absolute atomic E-state index is 12.4. The van der Waals surface area contributed by atoms with Crippen LogP contribution in [0.3, 0.4) is 0 Å². The second kappa shape index (κ2) is 5.08. The molecule has 0 N–H and O–H groups in total. The van der Waals surface area contributed by atoms with E-state index < -0.39 is 0 Å². The quantitative estimate of drug-likeness (QED) is 0.793. The largest absolute Gasteiger partial charge is 0.317 e. The lowest BCUT2D eigenvalue weighted by molar-refractivity contribution is -0.117. The summed E-state index contributed by atoms with van der Waals surface area (Å²) in [6, 6.07) is 0. The molecule has 2 rings (SSSR count). The summed E-state index contributed by atoms with van der Waals surface area (Å²) in [4.78, 5) is 27.9. The summed E-state index contributed by atoms with van der Waals surface area (Å²) in [5.41, 5.74) is 0.793. The van der Waals surface area contributed by atoms with Crippen molar-refractivity contribution in [2.45, 2.75) is 40.4 Å². The van der Waals surface area contributed by atoms with Crippen LogP contribution in [0.25, 0.3) is 11.2 Å². The van der Waals surface area contributed by atoms with Gasteiger partial charge in [-0.25, -0.2) is 4.98 Å². The third-order valence-corrected chi connectivity index (χ3v) is 3.45. The van der Waals surface area contributed by atoms with Gasteiger partial charge in [0, 0.05) is 13.1 Å². The Morgan fingerprint density at radius 2 is 1.95 bits per heavy atom. The molecule has 0 bridgehead atoms. The SMILES string of the molecule is CCn1c(=O)c2c(ncn2CC(C)=O)n(CC)c1=S. The van der Waals surface area contributed by atoms with E-state index in [4.69, 9.17) is 12.2 Å². The molecular weight excluding hydrogens is 264 g/mol. The average Bonchev–Trinajstić information content (AvgIpc) is 2.73. The summed E-state index contributed by atoms with van der Waals surface area (Å²) < 4.78 is 5.40. The Morgan fingerprint density at radius 3 is 2.47 bits per heavy atom. The van der Waals surface area contributed by atoms with Crippen molar-refractivity contribution in [3.63, 3.8) is 0 Å². The molecule has 0 amide bonds. The number of imidazole rings is 1. The lowest BCUT2D eigenvalue weighted by Gasteiger charge is -2.11. The van der Waals surface area contributed by atoms with Crippen LogP contribution in [0.15, 0.2) is 11.1 Å². The van der Waals surface area contributed by atoms with Crippen LogP contribution in [0.1, 0.15) is 20.8 Å². The van der Waals surface area contributed by atoms with Gasteiger partial charge in [-0.1, -0.05) is 0 Å². The van der Waals surface area contributed by atoms with Crippen LogP contribution < -0.4 is 5.56 Å². The maximum Gasteiger partial charge on any atom is 0.280 e. The minimum Gasteiger partial charge on any atom is -0.317 e. The average molecular weight is 280 g/mol. The Kier molecular flexibility index (Phi) is 3.66. The van der Waals surface area contributed by atoms with E-state index in [2.05, 4.69) is 4.98 Å². The predicted octanol–water partition coefficient (Wildman–Crippen LogP) is 1.36. The predicted molar refractivity (Wildman–Crippen MR) is 74.8 cm³/mol. The Bertz CT molecular complexity index is 753. The number of rotatable bonds is 4. The van der Waals surface area contributed by atoms with Crippen molar-refractivity contribution < 1.29 is 4.79 Å². The highest BCUT2D eigenvalue weighted by atomic mass is 32.1. The van der Waals surface area contributed by atoms with E-state index in [1.807, 2.05) is 18.4 Å². The van der Waals surface area contributed by atoms with Crippen molar-refractivity contribution in [3.8, 4) is 0 Å². The van der Waals surface area contributed by atoms with Crippen molar-refractivity contribution in [2.75, 3.05) is 0 Å². The van der Waals surface area contributed by atoms with Crippen LogP contribution in [0.2, 0.25) is 0 Å². The number of carbonyl (C=O) groups excluding carboxylic acids is 1. The van der Waals surface area contributed by atoms with Crippen LogP contribution in [-0.4, -0.2) is 24.5 Å². The van der Waals surface area contributed by atoms with Crippen LogP contribution in [-0.2, 0) is 24.4 Å². The smallest absolute Gasteiger partial charge is 0.280 e. The minimum absolute atomic E-state index is 0.0211. The second-order valence-electron chi connectivity index (χ2n) is 4.32. The highest BCUT2D eigenvalue weighted by Gasteiger charge is 2.15. The topological polar surface area (TPSA) is 61.8 Å². The zero-order valence-electron chi connectivity index (χ0n) is 11.2. The summed E-state index contributed by atoms with van der Waals surface area (Å²) in [5.74, 6) is -0.0211. The van der Waals surface area contributed by atoms with Crippen LogP contribution in [0.5, 0.6) is 0 Å². The highest BCUT2D eigenvalue weighted by Crippen LogP contribution is 2.10. The molecule has 0 aliphatic rings. The summed E-state index contributed by atoms with van der Waals surface area (Å²) in [5, 5.41) is 0. The molecule has 0 fully saturated rings. The molecule has 6 nitrogen and oxygen atoms in total. The van der Waals surface area contributed by atoms with Gasteiger partial charge in [0.25, 0.3) is 5.56 Å². The lowest BCUT2D eigenvalue weighted by atomic mass is 10.4. The normalized spacial score (nSPS) is 11.1. The first-order chi connectivity index (χ1) is 9.01. The van der Waals surface area contributed by atoms with Gasteiger partial charge in [-0.05, 0) is 33.0 Å². The first-order valence-electron chi connectivity index (χ1n) is 6.19. The molecular formula is C12H16N4O2S. The monoisotopic (exact) mass is 280 g/mol. The van der Waals surface area contributed by atoms with E-state index in [1.165, 1.54) is 17.8 Å². The van der Waals surface area contributed by atoms with Gasteiger partial charge in [-0.3, -0.25) is 14.2 Å². The summed E-state index contributed by atoms with van der Waals surface area (Å²) in [6.45, 7) is 6.58. The first-order valence-corrected chi connectivity index (χ1v) is 6.60. The van der Waals surface area contributed by atoms with Gasteiger partial charge in [0.05, 0.1) is 12.9 Å². The van der Waals surface area contributed by atoms with Crippen molar-refractivity contribution in [3.05, 3.63) is 21.5 Å². The summed E-state index contributed by atoms with van der Waals surface area (Å²) in [6.07, 6.45) is 1.52. The van der Waals surface area contributed by atoms with Crippen molar-refractivity contribution in [1.82, 2.24) is 18.7 Å². The first kappa shape index (κ1) is 13.7. The Hall–Kier alpha value is -1.76. The van der Waals surface area contributed by atoms with Crippen molar-refractivity contribution >= 4 is 29.2 Å². The highest BCUT2D eigenvalue weighted by molar-refractivity contribution is 7.71. The van der Waals surface area contributed by atoms with Crippen LogP contribution >= 0.6 is 12.2 Å². The van der Waals surface area contributed by atoms with Crippen LogP contribution in [0.4, 0.5) is 0 Å². The van der Waals surface area contributed by atoms with Gasteiger partial charge in [0.1, 0.15) is 5.78 Å². The third-order valence-electron chi connectivity index (χ3n) is 3.01. The number of aromatic nitrogens is 4. The fourth-order valence-electron chi connectivity index (χ4n) is 2.16. The summed E-state index contributed by atoms with van der Waals surface area (Å²) >= 11 is 5.31. The Morgan fingerprint density at radius 1 is 1.32 bits per heavy atom.